The predicted octanol–water partition coefficient (Wildman–Crippen LogP) is 3.62. The van der Waals surface area contributed by atoms with Gasteiger partial charge in [-0.2, -0.15) is 0 Å². The topological polar surface area (TPSA) is 20.3 Å². The maximum absolute atomic E-state index is 11.5. The zero-order valence-electron chi connectivity index (χ0n) is 8.92. The van der Waals surface area contributed by atoms with Crippen molar-refractivity contribution in [1.82, 2.24) is 4.31 Å². The minimum absolute atomic E-state index is 0.0304. The molecule has 1 rings (SSSR count). The van der Waals surface area contributed by atoms with Crippen LogP contribution in [0.2, 0.25) is 0 Å². The van der Waals surface area contributed by atoms with Crippen LogP contribution in [0.25, 0.3) is 0 Å². The highest BCUT2D eigenvalue weighted by molar-refractivity contribution is 8.00. The van der Waals surface area contributed by atoms with Gasteiger partial charge in [0.1, 0.15) is 10.1 Å². The minimum atomic E-state index is -0.549. The Morgan fingerprint density at radius 1 is 1.27 bits per heavy atom. The number of alkyl halides is 2. The van der Waals surface area contributed by atoms with Gasteiger partial charge in [-0.25, -0.2) is 0 Å². The van der Waals surface area contributed by atoms with Gasteiger partial charge in [-0.15, -0.1) is 23.2 Å². The molecule has 2 unspecified atom stereocenters. The molecule has 0 aromatic carbocycles. The molecular weight excluding hydrogens is 253 g/mol. The normalized spacial score (nSPS) is 26.3. The molecule has 0 spiro atoms. The molecule has 0 aliphatic carbocycles. The fraction of sp³-hybridized carbons (Fsp3) is 0.900. The van der Waals surface area contributed by atoms with Crippen LogP contribution in [-0.4, -0.2) is 26.8 Å². The van der Waals surface area contributed by atoms with Crippen LogP contribution in [0.15, 0.2) is 0 Å². The molecule has 0 N–H and O–H groups in total. The van der Waals surface area contributed by atoms with Crippen molar-refractivity contribution in [2.24, 2.45) is 0 Å². The maximum Gasteiger partial charge on any atom is 0.252 e. The lowest BCUT2D eigenvalue weighted by atomic mass is 10.1. The molecule has 1 heterocycles. The molecule has 5 heteroatoms. The van der Waals surface area contributed by atoms with Gasteiger partial charge >= 0.3 is 0 Å². The van der Waals surface area contributed by atoms with Gasteiger partial charge in [0.15, 0.2) is 0 Å². The van der Waals surface area contributed by atoms with E-state index in [1.807, 2.05) is 0 Å². The van der Waals surface area contributed by atoms with Gasteiger partial charge in [-0.3, -0.25) is 9.10 Å². The van der Waals surface area contributed by atoms with Crippen LogP contribution in [0.1, 0.15) is 39.0 Å². The molecule has 2 nitrogen and oxygen atoms in total. The quantitative estimate of drug-likeness (QED) is 0.417. The highest BCUT2D eigenvalue weighted by Crippen LogP contribution is 2.35. The summed E-state index contributed by atoms with van der Waals surface area (Å²) in [5.74, 6) is -0.0304. The predicted molar refractivity (Wildman–Crippen MR) is 67.3 cm³/mol. The number of carbonyl (C=O) groups excluding carboxylic acids is 1. The van der Waals surface area contributed by atoms with E-state index in [0.29, 0.717) is 0 Å². The van der Waals surface area contributed by atoms with E-state index in [4.69, 9.17) is 23.2 Å². The van der Waals surface area contributed by atoms with Gasteiger partial charge in [0, 0.05) is 6.54 Å². The first-order chi connectivity index (χ1) is 7.16. The number of carbonyl (C=O) groups is 1. The Kier molecular flexibility index (Phi) is 6.17. The Morgan fingerprint density at radius 2 is 1.93 bits per heavy atom. The largest absolute Gasteiger partial charge is 0.284 e. The summed E-state index contributed by atoms with van der Waals surface area (Å²) < 4.78 is 1.41. The third-order valence-corrected chi connectivity index (χ3v) is 4.70. The van der Waals surface area contributed by atoms with Crippen molar-refractivity contribution in [3.63, 3.8) is 0 Å². The molecule has 1 aliphatic heterocycles. The molecule has 1 saturated heterocycles. The van der Waals surface area contributed by atoms with E-state index >= 15 is 0 Å². The third-order valence-electron chi connectivity index (χ3n) is 2.40. The maximum atomic E-state index is 11.5. The summed E-state index contributed by atoms with van der Waals surface area (Å²) in [4.78, 5) is 11.5. The van der Waals surface area contributed by atoms with E-state index in [2.05, 4.69) is 6.92 Å². The van der Waals surface area contributed by atoms with Crippen molar-refractivity contribution in [2.45, 2.75) is 49.1 Å². The first-order valence-electron chi connectivity index (χ1n) is 5.43. The smallest absolute Gasteiger partial charge is 0.252 e. The van der Waals surface area contributed by atoms with E-state index < -0.39 is 5.38 Å². The van der Waals surface area contributed by atoms with Crippen LogP contribution in [0.4, 0.5) is 0 Å². The summed E-state index contributed by atoms with van der Waals surface area (Å²) in [5.41, 5.74) is 0. The van der Waals surface area contributed by atoms with Crippen LogP contribution in [-0.2, 0) is 4.79 Å². The summed E-state index contributed by atoms with van der Waals surface area (Å²) in [7, 11) is 0. The zero-order chi connectivity index (χ0) is 11.3. The molecular formula is C10H17Cl2NOS. The lowest BCUT2D eigenvalue weighted by molar-refractivity contribution is -0.124. The average Bonchev–Trinajstić information content (AvgIpc) is 2.46. The van der Waals surface area contributed by atoms with Crippen molar-refractivity contribution in [3.05, 3.63) is 0 Å². The third kappa shape index (κ3) is 4.04. The van der Waals surface area contributed by atoms with Gasteiger partial charge in [0.2, 0.25) is 0 Å². The van der Waals surface area contributed by atoms with E-state index in [0.717, 1.165) is 13.0 Å². The zero-order valence-corrected chi connectivity index (χ0v) is 11.2. The second-order valence-corrected chi connectivity index (χ2v) is 6.07. The van der Waals surface area contributed by atoms with E-state index in [-0.39, 0.29) is 10.6 Å². The summed E-state index contributed by atoms with van der Waals surface area (Å²) >= 11 is 13.1. The summed E-state index contributed by atoms with van der Waals surface area (Å²) in [5, 5.41) is -0.549. The standard InChI is InChI=1S/C10H17Cl2NOS/c1-2-3-4-5-6-7-13-10(14)8(11)9(12)15-13/h8-9H,2-7H2,1H3. The molecule has 0 bridgehead atoms. The summed E-state index contributed by atoms with van der Waals surface area (Å²) in [6.45, 7) is 2.97. The highest BCUT2D eigenvalue weighted by Gasteiger charge is 2.38. The summed E-state index contributed by atoms with van der Waals surface area (Å²) in [6, 6.07) is 0. The molecule has 0 aromatic rings. The lowest BCUT2D eigenvalue weighted by Crippen LogP contribution is -2.25. The second-order valence-electron chi connectivity index (χ2n) is 3.71. The fourth-order valence-electron chi connectivity index (χ4n) is 1.50. The van der Waals surface area contributed by atoms with Gasteiger partial charge in [0.05, 0.1) is 0 Å². The Bertz CT molecular complexity index is 216. The minimum Gasteiger partial charge on any atom is -0.284 e. The second kappa shape index (κ2) is 6.87. The first kappa shape index (κ1) is 13.5. The van der Waals surface area contributed by atoms with E-state index in [1.165, 1.54) is 37.6 Å². The Balaban J connectivity index is 2.14. The number of amides is 1. The van der Waals surface area contributed by atoms with Crippen molar-refractivity contribution in [3.8, 4) is 0 Å². The SMILES string of the molecule is CCCCCCCN1SC(Cl)C(Cl)C1=O. The van der Waals surface area contributed by atoms with Crippen LogP contribution >= 0.6 is 35.1 Å². The molecule has 88 valence electrons. The van der Waals surface area contributed by atoms with Crippen LogP contribution in [0.3, 0.4) is 0 Å². The van der Waals surface area contributed by atoms with Gasteiger partial charge in [-0.05, 0) is 18.4 Å². The van der Waals surface area contributed by atoms with Crippen LogP contribution in [0.5, 0.6) is 0 Å². The Morgan fingerprint density at radius 3 is 2.47 bits per heavy atom. The molecule has 1 amide bonds. The highest BCUT2D eigenvalue weighted by atomic mass is 35.5. The number of unbranched alkanes of at least 4 members (excludes halogenated alkanes) is 4. The van der Waals surface area contributed by atoms with Gasteiger partial charge < -0.3 is 0 Å². The molecule has 15 heavy (non-hydrogen) atoms. The molecule has 0 aromatic heterocycles. The lowest BCUT2D eigenvalue weighted by Gasteiger charge is -2.13. The van der Waals surface area contributed by atoms with Crippen molar-refractivity contribution < 1.29 is 4.79 Å². The monoisotopic (exact) mass is 269 g/mol. The van der Waals surface area contributed by atoms with Crippen molar-refractivity contribution in [2.75, 3.05) is 6.54 Å². The molecule has 0 radical (unpaired) electrons. The number of hydrogen-bond acceptors (Lipinski definition) is 2. The van der Waals surface area contributed by atoms with E-state index in [9.17, 15) is 4.79 Å². The van der Waals surface area contributed by atoms with Gasteiger partial charge in [-0.1, -0.05) is 32.6 Å². The fourth-order valence-corrected chi connectivity index (χ4v) is 3.13. The van der Waals surface area contributed by atoms with Crippen molar-refractivity contribution >= 4 is 41.1 Å². The number of rotatable bonds is 6. The Hall–Kier alpha value is 0.400. The average molecular weight is 270 g/mol. The van der Waals surface area contributed by atoms with Crippen LogP contribution in [0, 0.1) is 0 Å². The van der Waals surface area contributed by atoms with Crippen LogP contribution < -0.4 is 0 Å². The van der Waals surface area contributed by atoms with E-state index in [1.54, 1.807) is 4.31 Å². The van der Waals surface area contributed by atoms with Crippen molar-refractivity contribution in [1.29, 1.82) is 0 Å². The number of halogens is 2. The summed E-state index contributed by atoms with van der Waals surface area (Å²) in [6.07, 6.45) is 5.99. The van der Waals surface area contributed by atoms with Gasteiger partial charge in [0.25, 0.3) is 5.91 Å². The first-order valence-corrected chi connectivity index (χ1v) is 7.14. The Labute approximate surface area is 106 Å². The number of hydrogen-bond donors (Lipinski definition) is 0. The molecule has 0 saturated carbocycles. The molecule has 1 aliphatic rings. The number of nitrogens with zero attached hydrogens (tertiary/aromatic N) is 1. The molecule has 2 atom stereocenters. The molecule has 1 fully saturated rings.